The van der Waals surface area contributed by atoms with E-state index in [1.165, 1.54) is 16.5 Å². The summed E-state index contributed by atoms with van der Waals surface area (Å²) in [6.45, 7) is 0.573. The van der Waals surface area contributed by atoms with Gasteiger partial charge < -0.3 is 11.1 Å². The minimum absolute atomic E-state index is 0.137. The molecule has 5 nitrogen and oxygen atoms in total. The fourth-order valence-electron chi connectivity index (χ4n) is 2.49. The van der Waals surface area contributed by atoms with Crippen LogP contribution >= 0.6 is 23.1 Å². The molecule has 0 unspecified atom stereocenters. The molecule has 0 aliphatic carbocycles. The molecule has 0 saturated heterocycles. The van der Waals surface area contributed by atoms with Crippen molar-refractivity contribution in [3.8, 4) is 0 Å². The van der Waals surface area contributed by atoms with Crippen molar-refractivity contribution in [3.63, 3.8) is 0 Å². The van der Waals surface area contributed by atoms with Gasteiger partial charge in [0.1, 0.15) is 0 Å². The first kappa shape index (κ1) is 18.4. The molecular formula is C19H19N3O2S2. The molecule has 1 heterocycles. The van der Waals surface area contributed by atoms with Gasteiger partial charge in [-0.15, -0.1) is 23.1 Å². The third kappa shape index (κ3) is 4.83. The minimum atomic E-state index is -0.402. The first-order chi connectivity index (χ1) is 12.6. The second-order valence-corrected chi connectivity index (χ2v) is 7.82. The van der Waals surface area contributed by atoms with Crippen LogP contribution < -0.4 is 11.1 Å². The van der Waals surface area contributed by atoms with Crippen LogP contribution in [0.15, 0.2) is 53.4 Å². The Morgan fingerprint density at radius 2 is 1.88 bits per heavy atom. The SMILES string of the molecule is NC(=O)CSc1ccccc1C(=O)NCCCc1nc2ccccc2s1. The number of para-hydroxylation sites is 1. The molecular weight excluding hydrogens is 366 g/mol. The molecule has 3 N–H and O–H groups in total. The van der Waals surface area contributed by atoms with Gasteiger partial charge in [0.2, 0.25) is 5.91 Å². The predicted octanol–water partition coefficient (Wildman–Crippen LogP) is 3.24. The molecule has 3 rings (SSSR count). The smallest absolute Gasteiger partial charge is 0.252 e. The van der Waals surface area contributed by atoms with Crippen molar-refractivity contribution >= 4 is 45.1 Å². The van der Waals surface area contributed by atoms with E-state index in [0.717, 1.165) is 28.3 Å². The lowest BCUT2D eigenvalue weighted by atomic mass is 10.2. The van der Waals surface area contributed by atoms with E-state index in [2.05, 4.69) is 16.4 Å². The maximum absolute atomic E-state index is 12.4. The van der Waals surface area contributed by atoms with Gasteiger partial charge in [-0.25, -0.2) is 4.98 Å². The van der Waals surface area contributed by atoms with Crippen molar-refractivity contribution in [2.24, 2.45) is 5.73 Å². The number of nitrogens with one attached hydrogen (secondary N) is 1. The first-order valence-electron chi connectivity index (χ1n) is 8.26. The molecule has 1 aromatic heterocycles. The van der Waals surface area contributed by atoms with Gasteiger partial charge in [0.15, 0.2) is 0 Å². The Labute approximate surface area is 160 Å². The standard InChI is InChI=1S/C19H19N3O2S2/c20-17(23)12-25-15-8-3-1-6-13(15)19(24)21-11-5-10-18-22-14-7-2-4-9-16(14)26-18/h1-4,6-9H,5,10-12H2,(H2,20,23)(H,21,24). The van der Waals surface area contributed by atoms with Crippen molar-refractivity contribution in [2.45, 2.75) is 17.7 Å². The number of nitrogens with two attached hydrogens (primary N) is 1. The van der Waals surface area contributed by atoms with Crippen LogP contribution in [-0.4, -0.2) is 29.1 Å². The predicted molar refractivity (Wildman–Crippen MR) is 107 cm³/mol. The van der Waals surface area contributed by atoms with Crippen LogP contribution in [-0.2, 0) is 11.2 Å². The van der Waals surface area contributed by atoms with Gasteiger partial charge in [0.05, 0.1) is 26.5 Å². The summed E-state index contributed by atoms with van der Waals surface area (Å²) in [6, 6.07) is 15.3. The first-order valence-corrected chi connectivity index (χ1v) is 10.1. The van der Waals surface area contributed by atoms with Crippen molar-refractivity contribution in [1.82, 2.24) is 10.3 Å². The lowest BCUT2D eigenvalue weighted by Gasteiger charge is -2.09. The van der Waals surface area contributed by atoms with Gasteiger partial charge in [-0.3, -0.25) is 9.59 Å². The number of carbonyl (C=O) groups excluding carboxylic acids is 2. The summed E-state index contributed by atoms with van der Waals surface area (Å²) in [5.74, 6) is -0.384. The number of aryl methyl sites for hydroxylation is 1. The quantitative estimate of drug-likeness (QED) is 0.460. The fraction of sp³-hybridized carbons (Fsp3) is 0.211. The Kier molecular flexibility index (Phi) is 6.25. The van der Waals surface area contributed by atoms with E-state index < -0.39 is 5.91 Å². The Morgan fingerprint density at radius 3 is 2.69 bits per heavy atom. The van der Waals surface area contributed by atoms with Crippen molar-refractivity contribution in [3.05, 3.63) is 59.1 Å². The van der Waals surface area contributed by atoms with E-state index in [0.29, 0.717) is 12.1 Å². The topological polar surface area (TPSA) is 85.1 Å². The zero-order valence-corrected chi connectivity index (χ0v) is 15.7. The Morgan fingerprint density at radius 1 is 1.12 bits per heavy atom. The van der Waals surface area contributed by atoms with E-state index in [1.54, 1.807) is 17.4 Å². The molecule has 0 radical (unpaired) electrons. The van der Waals surface area contributed by atoms with Crippen molar-refractivity contribution < 1.29 is 9.59 Å². The number of thiazole rings is 1. The number of aromatic nitrogens is 1. The highest BCUT2D eigenvalue weighted by atomic mass is 32.2. The summed E-state index contributed by atoms with van der Waals surface area (Å²) < 4.78 is 1.19. The summed E-state index contributed by atoms with van der Waals surface area (Å²) in [4.78, 5) is 28.7. The van der Waals surface area contributed by atoms with Crippen molar-refractivity contribution in [2.75, 3.05) is 12.3 Å². The Balaban J connectivity index is 1.51. The molecule has 26 heavy (non-hydrogen) atoms. The molecule has 2 amide bonds. The zero-order chi connectivity index (χ0) is 18.4. The summed E-state index contributed by atoms with van der Waals surface area (Å²) in [5.41, 5.74) is 6.78. The van der Waals surface area contributed by atoms with Crippen LogP contribution in [0.4, 0.5) is 0 Å². The molecule has 0 fully saturated rings. The third-order valence-corrected chi connectivity index (χ3v) is 5.88. The number of carbonyl (C=O) groups is 2. The molecule has 0 atom stereocenters. The van der Waals surface area contributed by atoms with Crippen LogP contribution in [0, 0.1) is 0 Å². The number of nitrogens with zero attached hydrogens (tertiary/aromatic N) is 1. The molecule has 2 aromatic carbocycles. The molecule has 7 heteroatoms. The number of fused-ring (bicyclic) bond motifs is 1. The van der Waals surface area contributed by atoms with E-state index in [-0.39, 0.29) is 11.7 Å². The van der Waals surface area contributed by atoms with Crippen LogP contribution in [0.1, 0.15) is 21.8 Å². The molecule has 0 spiro atoms. The van der Waals surface area contributed by atoms with Crippen molar-refractivity contribution in [1.29, 1.82) is 0 Å². The minimum Gasteiger partial charge on any atom is -0.369 e. The maximum Gasteiger partial charge on any atom is 0.252 e. The van der Waals surface area contributed by atoms with Gasteiger partial charge in [0, 0.05) is 17.9 Å². The van der Waals surface area contributed by atoms with Gasteiger partial charge in [-0.2, -0.15) is 0 Å². The van der Waals surface area contributed by atoms with Crippen LogP contribution in [0.2, 0.25) is 0 Å². The summed E-state index contributed by atoms with van der Waals surface area (Å²) in [5, 5.41) is 4.02. The highest BCUT2D eigenvalue weighted by Gasteiger charge is 2.12. The number of thioether (sulfide) groups is 1. The molecule has 0 aliphatic heterocycles. The van der Waals surface area contributed by atoms with Gasteiger partial charge in [-0.05, 0) is 30.7 Å². The van der Waals surface area contributed by atoms with E-state index >= 15 is 0 Å². The normalized spacial score (nSPS) is 10.8. The number of hydrogen-bond donors (Lipinski definition) is 2. The lowest BCUT2D eigenvalue weighted by molar-refractivity contribution is -0.115. The molecule has 134 valence electrons. The monoisotopic (exact) mass is 385 g/mol. The number of benzene rings is 2. The van der Waals surface area contributed by atoms with E-state index in [9.17, 15) is 9.59 Å². The van der Waals surface area contributed by atoms with Gasteiger partial charge >= 0.3 is 0 Å². The van der Waals surface area contributed by atoms with Gasteiger partial charge in [-0.1, -0.05) is 24.3 Å². The molecule has 0 saturated carbocycles. The van der Waals surface area contributed by atoms with E-state index in [4.69, 9.17) is 5.73 Å². The molecule has 0 aliphatic rings. The van der Waals surface area contributed by atoms with Crippen LogP contribution in [0.5, 0.6) is 0 Å². The summed E-state index contributed by atoms with van der Waals surface area (Å²) in [7, 11) is 0. The fourth-order valence-corrected chi connectivity index (χ4v) is 4.29. The summed E-state index contributed by atoms with van der Waals surface area (Å²) >= 11 is 2.97. The Hall–Kier alpha value is -2.38. The number of amides is 2. The largest absolute Gasteiger partial charge is 0.369 e. The number of hydrogen-bond acceptors (Lipinski definition) is 5. The van der Waals surface area contributed by atoms with E-state index in [1.807, 2.05) is 36.4 Å². The average Bonchev–Trinajstić information content (AvgIpc) is 3.06. The Bertz CT molecular complexity index is 891. The summed E-state index contributed by atoms with van der Waals surface area (Å²) in [6.07, 6.45) is 1.65. The highest BCUT2D eigenvalue weighted by molar-refractivity contribution is 8.00. The van der Waals surface area contributed by atoms with Crippen LogP contribution in [0.25, 0.3) is 10.2 Å². The maximum atomic E-state index is 12.4. The number of primary amides is 1. The lowest BCUT2D eigenvalue weighted by Crippen LogP contribution is -2.25. The van der Waals surface area contributed by atoms with Gasteiger partial charge in [0.25, 0.3) is 5.91 Å². The van der Waals surface area contributed by atoms with Crippen LogP contribution in [0.3, 0.4) is 0 Å². The zero-order valence-electron chi connectivity index (χ0n) is 14.1. The highest BCUT2D eigenvalue weighted by Crippen LogP contribution is 2.23. The molecule has 3 aromatic rings. The average molecular weight is 386 g/mol. The third-order valence-electron chi connectivity index (χ3n) is 3.69. The second-order valence-electron chi connectivity index (χ2n) is 5.69. The second kappa shape index (κ2) is 8.82. The number of rotatable bonds is 8. The molecule has 0 bridgehead atoms.